The number of nitrogens with zero attached hydrogens (tertiary/aromatic N) is 1. The van der Waals surface area contributed by atoms with Gasteiger partial charge in [-0.15, -0.1) is 0 Å². The lowest BCUT2D eigenvalue weighted by Gasteiger charge is -2.19. The van der Waals surface area contributed by atoms with Gasteiger partial charge in [-0.25, -0.2) is 9.78 Å². The molecule has 1 aromatic rings. The highest BCUT2D eigenvalue weighted by Gasteiger charge is 2.29. The Kier molecular flexibility index (Phi) is 5.71. The molecule has 1 aromatic heterocycles. The minimum atomic E-state index is -0.781. The summed E-state index contributed by atoms with van der Waals surface area (Å²) in [5, 5.41) is 2.73. The van der Waals surface area contributed by atoms with Gasteiger partial charge in [0.2, 0.25) is 11.8 Å². The number of amides is 1. The van der Waals surface area contributed by atoms with Crippen LogP contribution in [0.2, 0.25) is 0 Å². The molecule has 0 radical (unpaired) electrons. The first-order valence-corrected chi connectivity index (χ1v) is 7.09. The van der Waals surface area contributed by atoms with Gasteiger partial charge in [0, 0.05) is 24.8 Å². The van der Waals surface area contributed by atoms with Crippen molar-refractivity contribution in [2.45, 2.75) is 18.9 Å². The molecule has 0 aliphatic carbocycles. The van der Waals surface area contributed by atoms with Gasteiger partial charge in [0.25, 0.3) is 0 Å². The van der Waals surface area contributed by atoms with Crippen molar-refractivity contribution in [1.29, 1.82) is 0 Å². The molecule has 0 unspecified atom stereocenters. The average Bonchev–Trinajstić information content (AvgIpc) is 3.08. The van der Waals surface area contributed by atoms with Crippen LogP contribution < -0.4 is 10.1 Å². The lowest BCUT2D eigenvalue weighted by Crippen LogP contribution is -2.45. The molecule has 7 heteroatoms. The van der Waals surface area contributed by atoms with Crippen molar-refractivity contribution < 1.29 is 23.8 Å². The van der Waals surface area contributed by atoms with Crippen LogP contribution in [0.25, 0.3) is 0 Å². The Labute approximate surface area is 129 Å². The molecule has 1 aliphatic rings. The monoisotopic (exact) mass is 308 g/mol. The second-order valence-electron chi connectivity index (χ2n) is 5.02. The van der Waals surface area contributed by atoms with Gasteiger partial charge in [-0.05, 0) is 12.5 Å². The Morgan fingerprint density at radius 1 is 1.50 bits per heavy atom. The smallest absolute Gasteiger partial charge is 0.328 e. The fourth-order valence-electron chi connectivity index (χ4n) is 2.35. The molecule has 0 bridgehead atoms. The van der Waals surface area contributed by atoms with E-state index in [-0.39, 0.29) is 18.2 Å². The topological polar surface area (TPSA) is 86.8 Å². The van der Waals surface area contributed by atoms with E-state index >= 15 is 0 Å². The van der Waals surface area contributed by atoms with Gasteiger partial charge in [0.1, 0.15) is 6.04 Å². The molecule has 2 heterocycles. The highest BCUT2D eigenvalue weighted by molar-refractivity contribution is 5.86. The fourth-order valence-corrected chi connectivity index (χ4v) is 2.35. The number of aromatic nitrogens is 1. The molecule has 0 aromatic carbocycles. The van der Waals surface area contributed by atoms with Crippen molar-refractivity contribution >= 4 is 11.9 Å². The van der Waals surface area contributed by atoms with Crippen LogP contribution in [0, 0.1) is 5.92 Å². The Morgan fingerprint density at radius 2 is 2.32 bits per heavy atom. The van der Waals surface area contributed by atoms with Crippen LogP contribution >= 0.6 is 0 Å². The molecular formula is C15H20N2O5. The van der Waals surface area contributed by atoms with Crippen LogP contribution in [0.15, 0.2) is 18.3 Å². The van der Waals surface area contributed by atoms with Crippen molar-refractivity contribution in [3.05, 3.63) is 23.9 Å². The number of hydrogen-bond donors (Lipinski definition) is 1. The van der Waals surface area contributed by atoms with Gasteiger partial charge >= 0.3 is 5.97 Å². The number of ether oxygens (including phenoxy) is 3. The zero-order chi connectivity index (χ0) is 15.9. The lowest BCUT2D eigenvalue weighted by atomic mass is 10.0. The third-order valence-corrected chi connectivity index (χ3v) is 3.57. The first kappa shape index (κ1) is 16.2. The Hall–Kier alpha value is -2.15. The summed E-state index contributed by atoms with van der Waals surface area (Å²) in [7, 11) is 2.80. The first-order valence-electron chi connectivity index (χ1n) is 7.09. The summed E-state index contributed by atoms with van der Waals surface area (Å²) in [6.07, 6.45) is 2.52. The van der Waals surface area contributed by atoms with E-state index in [1.54, 1.807) is 18.3 Å². The number of methoxy groups -OCH3 is 2. The average molecular weight is 308 g/mol. The minimum Gasteiger partial charge on any atom is -0.481 e. The molecule has 1 fully saturated rings. The van der Waals surface area contributed by atoms with E-state index in [2.05, 4.69) is 10.3 Å². The molecule has 2 rings (SSSR count). The van der Waals surface area contributed by atoms with Crippen LogP contribution in [0.1, 0.15) is 12.0 Å². The van der Waals surface area contributed by atoms with Crippen LogP contribution in [0.3, 0.4) is 0 Å². The Balaban J connectivity index is 2.08. The quantitative estimate of drug-likeness (QED) is 0.762. The van der Waals surface area contributed by atoms with Crippen LogP contribution in [-0.2, 0) is 25.5 Å². The summed E-state index contributed by atoms with van der Waals surface area (Å²) in [6, 6.07) is 2.77. The number of carbonyl (C=O) groups is 2. The van der Waals surface area contributed by atoms with Crippen LogP contribution in [0.5, 0.6) is 5.88 Å². The van der Waals surface area contributed by atoms with Crippen molar-refractivity contribution in [3.63, 3.8) is 0 Å². The van der Waals surface area contributed by atoms with Gasteiger partial charge < -0.3 is 19.5 Å². The normalized spacial score (nSPS) is 18.5. The summed E-state index contributed by atoms with van der Waals surface area (Å²) < 4.78 is 15.1. The molecule has 120 valence electrons. The minimum absolute atomic E-state index is 0.198. The third-order valence-electron chi connectivity index (χ3n) is 3.57. The maximum Gasteiger partial charge on any atom is 0.328 e. The largest absolute Gasteiger partial charge is 0.481 e. The summed E-state index contributed by atoms with van der Waals surface area (Å²) in [4.78, 5) is 28.2. The number of pyridine rings is 1. The molecule has 0 spiro atoms. The van der Waals surface area contributed by atoms with Gasteiger partial charge in [0.05, 0.1) is 26.7 Å². The Bertz CT molecular complexity index is 528. The summed E-state index contributed by atoms with van der Waals surface area (Å²) >= 11 is 0. The van der Waals surface area contributed by atoms with Gasteiger partial charge in [-0.2, -0.15) is 0 Å². The lowest BCUT2D eigenvalue weighted by molar-refractivity contribution is -0.145. The van der Waals surface area contributed by atoms with Crippen LogP contribution in [0.4, 0.5) is 0 Å². The number of esters is 1. The van der Waals surface area contributed by atoms with E-state index in [1.165, 1.54) is 14.2 Å². The maximum atomic E-state index is 12.2. The highest BCUT2D eigenvalue weighted by atomic mass is 16.5. The zero-order valence-corrected chi connectivity index (χ0v) is 12.7. The van der Waals surface area contributed by atoms with Crippen molar-refractivity contribution in [2.75, 3.05) is 27.4 Å². The molecular weight excluding hydrogens is 288 g/mol. The standard InChI is InChI=1S/C15H20N2O5/c1-20-14-10(4-3-6-16-14)8-12(15(19)21-2)17-13(18)11-5-7-22-9-11/h3-4,6,11-12H,5,7-9H2,1-2H3,(H,17,18)/t11-,12+/m1/s1. The predicted molar refractivity (Wildman–Crippen MR) is 77.4 cm³/mol. The molecule has 1 amide bonds. The van der Waals surface area contributed by atoms with Gasteiger partial charge in [-0.3, -0.25) is 4.79 Å². The predicted octanol–water partition coefficient (Wildman–Crippen LogP) is 0.327. The van der Waals surface area contributed by atoms with E-state index in [9.17, 15) is 9.59 Å². The SMILES string of the molecule is COC(=O)[C@H](Cc1cccnc1OC)NC(=O)[C@@H]1CCOC1. The molecule has 1 aliphatic heterocycles. The van der Waals surface area contributed by atoms with Crippen molar-refractivity contribution in [2.24, 2.45) is 5.92 Å². The van der Waals surface area contributed by atoms with E-state index in [0.717, 1.165) is 5.56 Å². The van der Waals surface area contributed by atoms with Crippen molar-refractivity contribution in [3.8, 4) is 5.88 Å². The maximum absolute atomic E-state index is 12.2. The Morgan fingerprint density at radius 3 is 2.95 bits per heavy atom. The number of hydrogen-bond acceptors (Lipinski definition) is 6. The molecule has 7 nitrogen and oxygen atoms in total. The molecule has 0 saturated carbocycles. The van der Waals surface area contributed by atoms with Gasteiger partial charge in [-0.1, -0.05) is 6.07 Å². The molecule has 22 heavy (non-hydrogen) atoms. The van der Waals surface area contributed by atoms with Crippen molar-refractivity contribution in [1.82, 2.24) is 10.3 Å². The first-order chi connectivity index (χ1) is 10.7. The number of carbonyl (C=O) groups excluding carboxylic acids is 2. The summed E-state index contributed by atoms with van der Waals surface area (Å²) in [5.41, 5.74) is 0.725. The summed E-state index contributed by atoms with van der Waals surface area (Å²) in [5.74, 6) is -0.494. The van der Waals surface area contributed by atoms with E-state index in [0.29, 0.717) is 25.5 Å². The second kappa shape index (κ2) is 7.74. The van der Waals surface area contributed by atoms with E-state index in [1.807, 2.05) is 0 Å². The number of nitrogens with one attached hydrogen (secondary N) is 1. The highest BCUT2D eigenvalue weighted by Crippen LogP contribution is 2.17. The molecule has 1 saturated heterocycles. The molecule has 1 N–H and O–H groups in total. The summed E-state index contributed by atoms with van der Waals surface area (Å²) in [6.45, 7) is 0.952. The van der Waals surface area contributed by atoms with Crippen LogP contribution in [-0.4, -0.2) is 50.3 Å². The second-order valence-corrected chi connectivity index (χ2v) is 5.02. The third kappa shape index (κ3) is 3.94. The molecule has 2 atom stereocenters. The fraction of sp³-hybridized carbons (Fsp3) is 0.533. The number of rotatable bonds is 6. The van der Waals surface area contributed by atoms with E-state index in [4.69, 9.17) is 14.2 Å². The zero-order valence-electron chi connectivity index (χ0n) is 12.7. The van der Waals surface area contributed by atoms with E-state index < -0.39 is 12.0 Å². The van der Waals surface area contributed by atoms with Gasteiger partial charge in [0.15, 0.2) is 0 Å².